The summed E-state index contributed by atoms with van der Waals surface area (Å²) in [5, 5.41) is 3.58. The van der Waals surface area contributed by atoms with E-state index in [1.165, 1.54) is 58.0 Å². The number of unbranched alkanes of at least 4 members (excludes halogenated alkanes) is 3. The third-order valence-electron chi connectivity index (χ3n) is 3.02. The Balaban J connectivity index is 1.86. The fraction of sp³-hybridized carbons (Fsp3) is 0.846. The van der Waals surface area contributed by atoms with Gasteiger partial charge >= 0.3 is 0 Å². The molecule has 0 radical (unpaired) electrons. The Kier molecular flexibility index (Phi) is 6.77. The minimum atomic E-state index is 0.908. The van der Waals surface area contributed by atoms with E-state index in [4.69, 9.17) is 0 Å². The first-order valence-electron chi connectivity index (χ1n) is 6.29. The first-order chi connectivity index (χ1) is 6.93. The van der Waals surface area contributed by atoms with Crippen molar-refractivity contribution in [3.05, 3.63) is 12.2 Å². The second-order valence-electron chi connectivity index (χ2n) is 4.42. The van der Waals surface area contributed by atoms with Gasteiger partial charge < -0.3 is 5.32 Å². The Morgan fingerprint density at radius 3 is 2.86 bits per heavy atom. The molecule has 1 nitrogen and oxygen atoms in total. The molecule has 0 aliphatic heterocycles. The van der Waals surface area contributed by atoms with Crippen molar-refractivity contribution in [3.8, 4) is 0 Å². The largest absolute Gasteiger partial charge is 0.316 e. The molecule has 0 saturated heterocycles. The number of nitrogens with one attached hydrogen (secondary N) is 1. The van der Waals surface area contributed by atoms with Gasteiger partial charge in [0.1, 0.15) is 0 Å². The Hall–Kier alpha value is -0.300. The summed E-state index contributed by atoms with van der Waals surface area (Å²) in [5.74, 6) is 0.908. The summed E-state index contributed by atoms with van der Waals surface area (Å²) >= 11 is 0. The van der Waals surface area contributed by atoms with E-state index in [1.54, 1.807) is 0 Å². The molecule has 1 atom stereocenters. The van der Waals surface area contributed by atoms with Gasteiger partial charge in [0, 0.05) is 0 Å². The van der Waals surface area contributed by atoms with Crippen LogP contribution < -0.4 is 5.32 Å². The molecule has 0 spiro atoms. The summed E-state index contributed by atoms with van der Waals surface area (Å²) in [4.78, 5) is 0. The van der Waals surface area contributed by atoms with E-state index in [-0.39, 0.29) is 0 Å². The molecule has 1 aliphatic carbocycles. The molecule has 0 aromatic rings. The van der Waals surface area contributed by atoms with Gasteiger partial charge in [0.05, 0.1) is 0 Å². The molecule has 0 saturated carbocycles. The van der Waals surface area contributed by atoms with Crippen LogP contribution in [0.25, 0.3) is 0 Å². The lowest BCUT2D eigenvalue weighted by molar-refractivity contribution is 0.436. The highest BCUT2D eigenvalue weighted by molar-refractivity contribution is 4.90. The first-order valence-corrected chi connectivity index (χ1v) is 6.29. The van der Waals surface area contributed by atoms with Gasteiger partial charge in [0.2, 0.25) is 0 Å². The molecule has 1 N–H and O–H groups in total. The maximum absolute atomic E-state index is 3.58. The fourth-order valence-corrected chi connectivity index (χ4v) is 2.02. The summed E-state index contributed by atoms with van der Waals surface area (Å²) in [6.45, 7) is 4.72. The summed E-state index contributed by atoms with van der Waals surface area (Å²) in [5.41, 5.74) is 0. The van der Waals surface area contributed by atoms with E-state index in [0.29, 0.717) is 0 Å². The van der Waals surface area contributed by atoms with E-state index < -0.39 is 0 Å². The van der Waals surface area contributed by atoms with Gasteiger partial charge in [0.25, 0.3) is 0 Å². The number of rotatable bonds is 7. The molecule has 0 bridgehead atoms. The lowest BCUT2D eigenvalue weighted by atomic mass is 9.94. The zero-order chi connectivity index (χ0) is 10.1. The van der Waals surface area contributed by atoms with Gasteiger partial charge in [-0.25, -0.2) is 0 Å². The summed E-state index contributed by atoms with van der Waals surface area (Å²) in [6.07, 6.45) is 14.1. The summed E-state index contributed by atoms with van der Waals surface area (Å²) < 4.78 is 0. The van der Waals surface area contributed by atoms with Gasteiger partial charge in [-0.1, -0.05) is 38.3 Å². The SMILES string of the molecule is CCCCCCNCC1CC=CCC1. The zero-order valence-electron chi connectivity index (χ0n) is 9.60. The Morgan fingerprint density at radius 2 is 2.14 bits per heavy atom. The maximum atomic E-state index is 3.58. The molecule has 1 unspecified atom stereocenters. The van der Waals surface area contributed by atoms with Crippen molar-refractivity contribution >= 4 is 0 Å². The minimum Gasteiger partial charge on any atom is -0.316 e. The molecule has 14 heavy (non-hydrogen) atoms. The van der Waals surface area contributed by atoms with E-state index in [9.17, 15) is 0 Å². The monoisotopic (exact) mass is 195 g/mol. The highest BCUT2D eigenvalue weighted by Crippen LogP contribution is 2.16. The maximum Gasteiger partial charge on any atom is -0.00174 e. The molecular formula is C13H25N. The van der Waals surface area contributed by atoms with E-state index >= 15 is 0 Å². The van der Waals surface area contributed by atoms with E-state index in [0.717, 1.165) is 5.92 Å². The predicted molar refractivity (Wildman–Crippen MR) is 63.5 cm³/mol. The number of hydrogen-bond donors (Lipinski definition) is 1. The van der Waals surface area contributed by atoms with Crippen LogP contribution in [0.15, 0.2) is 12.2 Å². The third-order valence-corrected chi connectivity index (χ3v) is 3.02. The van der Waals surface area contributed by atoms with Crippen LogP contribution in [0.5, 0.6) is 0 Å². The third kappa shape index (κ3) is 5.43. The standard InChI is InChI=1S/C13H25N/c1-2-3-4-8-11-14-12-13-9-6-5-7-10-13/h5-6,13-14H,2-4,7-12H2,1H3. The quantitative estimate of drug-likeness (QED) is 0.484. The molecule has 1 rings (SSSR count). The van der Waals surface area contributed by atoms with Crippen LogP contribution >= 0.6 is 0 Å². The zero-order valence-corrected chi connectivity index (χ0v) is 9.60. The van der Waals surface area contributed by atoms with E-state index in [2.05, 4.69) is 24.4 Å². The molecule has 0 fully saturated rings. The van der Waals surface area contributed by atoms with Crippen LogP contribution in [0, 0.1) is 5.92 Å². The lowest BCUT2D eigenvalue weighted by Gasteiger charge is -2.17. The second-order valence-corrected chi connectivity index (χ2v) is 4.42. The van der Waals surface area contributed by atoms with Gasteiger partial charge in [-0.15, -0.1) is 0 Å². The molecular weight excluding hydrogens is 170 g/mol. The van der Waals surface area contributed by atoms with Crippen molar-refractivity contribution in [1.29, 1.82) is 0 Å². The molecule has 0 amide bonds. The Labute approximate surface area is 89.0 Å². The highest BCUT2D eigenvalue weighted by atomic mass is 14.8. The van der Waals surface area contributed by atoms with Crippen molar-refractivity contribution in [2.75, 3.05) is 13.1 Å². The molecule has 1 heteroatoms. The normalized spacial score (nSPS) is 21.4. The van der Waals surface area contributed by atoms with Crippen molar-refractivity contribution < 1.29 is 0 Å². The first kappa shape index (κ1) is 11.8. The summed E-state index contributed by atoms with van der Waals surface area (Å²) in [7, 11) is 0. The fourth-order valence-electron chi connectivity index (χ4n) is 2.02. The van der Waals surface area contributed by atoms with Gasteiger partial charge in [-0.05, 0) is 44.7 Å². The molecule has 0 aromatic heterocycles. The second kappa shape index (κ2) is 8.05. The van der Waals surface area contributed by atoms with Crippen molar-refractivity contribution in [3.63, 3.8) is 0 Å². The van der Waals surface area contributed by atoms with Crippen LogP contribution in [0.4, 0.5) is 0 Å². The van der Waals surface area contributed by atoms with Crippen LogP contribution in [-0.2, 0) is 0 Å². The van der Waals surface area contributed by atoms with Crippen LogP contribution in [0.3, 0.4) is 0 Å². The Morgan fingerprint density at radius 1 is 1.21 bits per heavy atom. The smallest absolute Gasteiger partial charge is 0.00174 e. The van der Waals surface area contributed by atoms with Crippen LogP contribution in [-0.4, -0.2) is 13.1 Å². The average Bonchev–Trinajstić information content (AvgIpc) is 2.25. The van der Waals surface area contributed by atoms with Crippen molar-refractivity contribution in [2.45, 2.75) is 51.9 Å². The molecule has 0 heterocycles. The van der Waals surface area contributed by atoms with Crippen molar-refractivity contribution in [1.82, 2.24) is 5.32 Å². The summed E-state index contributed by atoms with van der Waals surface area (Å²) in [6, 6.07) is 0. The van der Waals surface area contributed by atoms with Gasteiger partial charge in [0.15, 0.2) is 0 Å². The minimum absolute atomic E-state index is 0.908. The average molecular weight is 195 g/mol. The lowest BCUT2D eigenvalue weighted by Crippen LogP contribution is -2.24. The van der Waals surface area contributed by atoms with Gasteiger partial charge in [-0.3, -0.25) is 0 Å². The van der Waals surface area contributed by atoms with Crippen LogP contribution in [0.2, 0.25) is 0 Å². The number of allylic oxidation sites excluding steroid dienone is 2. The predicted octanol–water partition coefficient (Wildman–Crippen LogP) is 3.51. The van der Waals surface area contributed by atoms with Crippen molar-refractivity contribution in [2.24, 2.45) is 5.92 Å². The molecule has 82 valence electrons. The number of hydrogen-bond acceptors (Lipinski definition) is 1. The topological polar surface area (TPSA) is 12.0 Å². The van der Waals surface area contributed by atoms with Gasteiger partial charge in [-0.2, -0.15) is 0 Å². The van der Waals surface area contributed by atoms with E-state index in [1.807, 2.05) is 0 Å². The highest BCUT2D eigenvalue weighted by Gasteiger charge is 2.08. The Bertz CT molecular complexity index is 151. The molecule has 0 aromatic carbocycles. The van der Waals surface area contributed by atoms with Crippen LogP contribution in [0.1, 0.15) is 51.9 Å². The molecule has 1 aliphatic rings.